The molecule has 2 nitrogen and oxygen atoms in total. The van der Waals surface area contributed by atoms with E-state index in [1.165, 1.54) is 12.1 Å². The number of rotatable bonds is 1. The van der Waals surface area contributed by atoms with Crippen LogP contribution in [-0.4, -0.2) is 4.98 Å². The summed E-state index contributed by atoms with van der Waals surface area (Å²) in [7, 11) is 0. The van der Waals surface area contributed by atoms with Gasteiger partial charge in [0.2, 0.25) is 0 Å². The Morgan fingerprint density at radius 2 is 2.07 bits per heavy atom. The third kappa shape index (κ3) is 2.07. The highest BCUT2D eigenvalue weighted by Crippen LogP contribution is 2.26. The Balaban J connectivity index is 2.59. The highest BCUT2D eigenvalue weighted by atomic mass is 35.5. The molecule has 4 heteroatoms. The molecule has 0 aliphatic heterocycles. The molecule has 0 radical (unpaired) electrons. The number of nitrogens with two attached hydrogens (primary N) is 1. The van der Waals surface area contributed by atoms with E-state index in [2.05, 4.69) is 4.98 Å². The van der Waals surface area contributed by atoms with E-state index < -0.39 is 5.82 Å². The van der Waals surface area contributed by atoms with Crippen molar-refractivity contribution in [2.75, 3.05) is 5.73 Å². The van der Waals surface area contributed by atoms with Crippen molar-refractivity contribution in [1.82, 2.24) is 4.98 Å². The fourth-order valence-electron chi connectivity index (χ4n) is 1.35. The summed E-state index contributed by atoms with van der Waals surface area (Å²) in [6.45, 7) is 0. The molecule has 76 valence electrons. The molecular formula is C11H8ClFN2. The second kappa shape index (κ2) is 3.87. The number of benzene rings is 1. The van der Waals surface area contributed by atoms with Gasteiger partial charge in [0.15, 0.2) is 0 Å². The molecule has 0 amide bonds. The zero-order valence-electron chi connectivity index (χ0n) is 7.74. The predicted octanol–water partition coefficient (Wildman–Crippen LogP) is 3.12. The molecule has 15 heavy (non-hydrogen) atoms. The van der Waals surface area contributed by atoms with Crippen LogP contribution in [0.3, 0.4) is 0 Å². The molecule has 2 N–H and O–H groups in total. The van der Waals surface area contributed by atoms with Crippen molar-refractivity contribution in [2.24, 2.45) is 0 Å². The highest BCUT2D eigenvalue weighted by Gasteiger charge is 2.06. The number of anilines is 1. The average Bonchev–Trinajstić information content (AvgIpc) is 2.16. The molecule has 0 fully saturated rings. The molecule has 0 bridgehead atoms. The van der Waals surface area contributed by atoms with Gasteiger partial charge in [0.25, 0.3) is 0 Å². The van der Waals surface area contributed by atoms with Crippen molar-refractivity contribution >= 4 is 17.3 Å². The van der Waals surface area contributed by atoms with Gasteiger partial charge in [-0.2, -0.15) is 0 Å². The average molecular weight is 223 g/mol. The van der Waals surface area contributed by atoms with Crippen LogP contribution >= 0.6 is 11.6 Å². The minimum atomic E-state index is -0.400. The summed E-state index contributed by atoms with van der Waals surface area (Å²) < 4.78 is 13.1. The molecule has 2 aromatic rings. The maximum atomic E-state index is 13.1. The smallest absolute Gasteiger partial charge is 0.125 e. The molecule has 1 aromatic carbocycles. The second-order valence-corrected chi connectivity index (χ2v) is 3.54. The molecular weight excluding hydrogens is 215 g/mol. The van der Waals surface area contributed by atoms with Crippen LogP contribution in [-0.2, 0) is 0 Å². The third-order valence-corrected chi connectivity index (χ3v) is 2.19. The Hall–Kier alpha value is -1.61. The summed E-state index contributed by atoms with van der Waals surface area (Å²) in [6.07, 6.45) is 1.60. The van der Waals surface area contributed by atoms with Gasteiger partial charge in [-0.05, 0) is 30.3 Å². The summed E-state index contributed by atoms with van der Waals surface area (Å²) in [5, 5.41) is 0.329. The summed E-state index contributed by atoms with van der Waals surface area (Å²) in [5.41, 5.74) is 7.35. The Morgan fingerprint density at radius 1 is 1.27 bits per heavy atom. The largest absolute Gasteiger partial charge is 0.397 e. The van der Waals surface area contributed by atoms with Gasteiger partial charge >= 0.3 is 0 Å². The quantitative estimate of drug-likeness (QED) is 0.805. The summed E-state index contributed by atoms with van der Waals surface area (Å²) in [5.74, 6) is -0.400. The molecule has 1 heterocycles. The standard InChI is InChI=1S/C11H8ClFN2/c12-8-4-7(5-9(13)6-8)11-10(14)2-1-3-15-11/h1-6H,14H2. The topological polar surface area (TPSA) is 38.9 Å². The first kappa shape index (κ1) is 9.93. The first-order chi connectivity index (χ1) is 7.16. The molecule has 0 unspecified atom stereocenters. The minimum Gasteiger partial charge on any atom is -0.397 e. The van der Waals surface area contributed by atoms with E-state index in [1.807, 2.05) is 0 Å². The normalized spacial score (nSPS) is 10.3. The van der Waals surface area contributed by atoms with Gasteiger partial charge in [-0.25, -0.2) is 4.39 Å². The third-order valence-electron chi connectivity index (χ3n) is 1.97. The van der Waals surface area contributed by atoms with Crippen molar-refractivity contribution in [2.45, 2.75) is 0 Å². The minimum absolute atomic E-state index is 0.329. The van der Waals surface area contributed by atoms with Crippen LogP contribution in [0.1, 0.15) is 0 Å². The molecule has 0 saturated carbocycles. The van der Waals surface area contributed by atoms with Crippen molar-refractivity contribution in [1.29, 1.82) is 0 Å². The van der Waals surface area contributed by atoms with Crippen molar-refractivity contribution in [3.63, 3.8) is 0 Å². The Labute approximate surface area is 91.5 Å². The lowest BCUT2D eigenvalue weighted by Gasteiger charge is -2.04. The summed E-state index contributed by atoms with van der Waals surface area (Å²) >= 11 is 5.74. The Morgan fingerprint density at radius 3 is 2.73 bits per heavy atom. The van der Waals surface area contributed by atoms with Gasteiger partial charge in [-0.15, -0.1) is 0 Å². The molecule has 2 rings (SSSR count). The van der Waals surface area contributed by atoms with E-state index in [9.17, 15) is 4.39 Å². The van der Waals surface area contributed by atoms with Gasteiger partial charge in [0, 0.05) is 16.8 Å². The monoisotopic (exact) mass is 222 g/mol. The van der Waals surface area contributed by atoms with Gasteiger partial charge in [0.05, 0.1) is 11.4 Å². The lowest BCUT2D eigenvalue weighted by Crippen LogP contribution is -1.92. The van der Waals surface area contributed by atoms with Crippen LogP contribution in [0.4, 0.5) is 10.1 Å². The summed E-state index contributed by atoms with van der Waals surface area (Å²) in [4.78, 5) is 4.08. The second-order valence-electron chi connectivity index (χ2n) is 3.10. The van der Waals surface area contributed by atoms with Gasteiger partial charge < -0.3 is 5.73 Å². The zero-order chi connectivity index (χ0) is 10.8. The number of hydrogen-bond acceptors (Lipinski definition) is 2. The van der Waals surface area contributed by atoms with Gasteiger partial charge in [-0.1, -0.05) is 11.6 Å². The number of pyridine rings is 1. The van der Waals surface area contributed by atoms with E-state index in [1.54, 1.807) is 24.4 Å². The molecule has 1 aromatic heterocycles. The predicted molar refractivity (Wildman–Crippen MR) is 59.1 cm³/mol. The number of aromatic nitrogens is 1. The molecule has 0 aliphatic rings. The van der Waals surface area contributed by atoms with Gasteiger partial charge in [-0.3, -0.25) is 4.98 Å². The van der Waals surface area contributed by atoms with E-state index >= 15 is 0 Å². The van der Waals surface area contributed by atoms with Crippen molar-refractivity contribution in [3.8, 4) is 11.3 Å². The van der Waals surface area contributed by atoms with Gasteiger partial charge in [0.1, 0.15) is 5.82 Å². The van der Waals surface area contributed by atoms with E-state index in [0.29, 0.717) is 22.0 Å². The lowest BCUT2D eigenvalue weighted by atomic mass is 10.1. The maximum Gasteiger partial charge on any atom is 0.125 e. The SMILES string of the molecule is Nc1cccnc1-c1cc(F)cc(Cl)c1. The lowest BCUT2D eigenvalue weighted by molar-refractivity contribution is 0.628. The summed E-state index contributed by atoms with van der Waals surface area (Å²) in [6, 6.07) is 7.65. The van der Waals surface area contributed by atoms with Crippen molar-refractivity contribution < 1.29 is 4.39 Å². The van der Waals surface area contributed by atoms with Crippen LogP contribution in [0.5, 0.6) is 0 Å². The van der Waals surface area contributed by atoms with Crippen LogP contribution in [0.25, 0.3) is 11.3 Å². The maximum absolute atomic E-state index is 13.1. The van der Waals surface area contributed by atoms with Crippen molar-refractivity contribution in [3.05, 3.63) is 47.4 Å². The molecule has 0 spiro atoms. The van der Waals surface area contributed by atoms with Crippen LogP contribution in [0.15, 0.2) is 36.5 Å². The number of halogens is 2. The first-order valence-corrected chi connectivity index (χ1v) is 4.71. The molecule has 0 aliphatic carbocycles. The Bertz CT molecular complexity index is 479. The fourth-order valence-corrected chi connectivity index (χ4v) is 1.57. The van der Waals surface area contributed by atoms with E-state index in [-0.39, 0.29) is 0 Å². The van der Waals surface area contributed by atoms with E-state index in [0.717, 1.165) is 0 Å². The molecule has 0 atom stereocenters. The highest BCUT2D eigenvalue weighted by molar-refractivity contribution is 6.30. The van der Waals surface area contributed by atoms with Crippen LogP contribution < -0.4 is 5.73 Å². The number of nitrogens with zero attached hydrogens (tertiary/aromatic N) is 1. The zero-order valence-corrected chi connectivity index (χ0v) is 8.50. The van der Waals surface area contributed by atoms with E-state index in [4.69, 9.17) is 17.3 Å². The first-order valence-electron chi connectivity index (χ1n) is 4.34. The number of nitrogen functional groups attached to an aromatic ring is 1. The van der Waals surface area contributed by atoms with Crippen LogP contribution in [0.2, 0.25) is 5.02 Å². The fraction of sp³-hybridized carbons (Fsp3) is 0. The number of hydrogen-bond donors (Lipinski definition) is 1. The molecule has 0 saturated heterocycles. The Kier molecular flexibility index (Phi) is 2.56. The van der Waals surface area contributed by atoms with Crippen LogP contribution in [0, 0.1) is 5.82 Å².